The zero-order valence-corrected chi connectivity index (χ0v) is 8.36. The second-order valence-corrected chi connectivity index (χ2v) is 2.82. The van der Waals surface area contributed by atoms with Gasteiger partial charge in [0.1, 0.15) is 11.6 Å². The number of anilines is 1. The van der Waals surface area contributed by atoms with E-state index in [0.717, 1.165) is 18.2 Å². The highest BCUT2D eigenvalue weighted by Crippen LogP contribution is 1.99. The fraction of sp³-hybridized carbons (Fsp3) is 0.556. The van der Waals surface area contributed by atoms with Crippen molar-refractivity contribution in [2.45, 2.75) is 6.92 Å². The number of hydrogen-bond donors (Lipinski definition) is 2. The number of aromatic nitrogens is 2. The van der Waals surface area contributed by atoms with Gasteiger partial charge in [-0.15, -0.1) is 0 Å². The lowest BCUT2D eigenvalue weighted by Crippen LogP contribution is -2.15. The molecule has 0 aliphatic carbocycles. The van der Waals surface area contributed by atoms with Gasteiger partial charge >= 0.3 is 0 Å². The van der Waals surface area contributed by atoms with Crippen LogP contribution in [-0.4, -0.2) is 36.3 Å². The van der Waals surface area contributed by atoms with E-state index < -0.39 is 0 Å². The first-order valence-electron chi connectivity index (χ1n) is 4.64. The summed E-state index contributed by atoms with van der Waals surface area (Å²) in [5, 5.41) is 3.13. The van der Waals surface area contributed by atoms with Gasteiger partial charge in [0.15, 0.2) is 0 Å². The maximum atomic E-state index is 5.28. The predicted molar refractivity (Wildman–Crippen MR) is 55.1 cm³/mol. The first-order chi connectivity index (χ1) is 6.83. The summed E-state index contributed by atoms with van der Waals surface area (Å²) in [6, 6.07) is 1.83. The molecule has 0 saturated heterocycles. The quantitative estimate of drug-likeness (QED) is 0.635. The van der Waals surface area contributed by atoms with Crippen molar-refractivity contribution < 1.29 is 4.74 Å². The summed E-state index contributed by atoms with van der Waals surface area (Å²) < 4.78 is 5.20. The molecule has 5 nitrogen and oxygen atoms in total. The van der Waals surface area contributed by atoms with Crippen LogP contribution in [0.5, 0.6) is 0 Å². The minimum Gasteiger partial charge on any atom is -0.378 e. The first kappa shape index (κ1) is 10.9. The Balaban J connectivity index is 2.18. The molecule has 3 N–H and O–H groups in total. The lowest BCUT2D eigenvalue weighted by molar-refractivity contribution is 0.151. The normalized spacial score (nSPS) is 10.1. The lowest BCUT2D eigenvalue weighted by atomic mass is 10.5. The molecule has 1 aromatic rings. The Labute approximate surface area is 83.7 Å². The van der Waals surface area contributed by atoms with Crippen LogP contribution in [0.3, 0.4) is 0 Å². The van der Waals surface area contributed by atoms with E-state index in [1.807, 2.05) is 13.0 Å². The zero-order chi connectivity index (χ0) is 10.2. The van der Waals surface area contributed by atoms with E-state index >= 15 is 0 Å². The van der Waals surface area contributed by atoms with Gasteiger partial charge in [-0.05, 0) is 13.0 Å². The Morgan fingerprint density at radius 1 is 1.50 bits per heavy atom. The highest BCUT2D eigenvalue weighted by Gasteiger charge is 1.93. The van der Waals surface area contributed by atoms with Crippen LogP contribution < -0.4 is 11.1 Å². The van der Waals surface area contributed by atoms with E-state index in [-0.39, 0.29) is 0 Å². The molecule has 0 saturated carbocycles. The van der Waals surface area contributed by atoms with Gasteiger partial charge in [-0.3, -0.25) is 0 Å². The van der Waals surface area contributed by atoms with Gasteiger partial charge in [0, 0.05) is 19.3 Å². The summed E-state index contributed by atoms with van der Waals surface area (Å²) in [5.74, 6) is 1.59. The van der Waals surface area contributed by atoms with E-state index in [1.165, 1.54) is 0 Å². The van der Waals surface area contributed by atoms with Crippen molar-refractivity contribution in [3.05, 3.63) is 18.1 Å². The van der Waals surface area contributed by atoms with Crippen molar-refractivity contribution in [3.63, 3.8) is 0 Å². The highest BCUT2D eigenvalue weighted by atomic mass is 16.5. The van der Waals surface area contributed by atoms with Crippen LogP contribution in [0.4, 0.5) is 5.82 Å². The van der Waals surface area contributed by atoms with Crippen LogP contribution in [0, 0.1) is 6.92 Å². The summed E-state index contributed by atoms with van der Waals surface area (Å²) in [7, 11) is 0. The van der Waals surface area contributed by atoms with Gasteiger partial charge in [0.2, 0.25) is 0 Å². The molecule has 0 unspecified atom stereocenters. The molecule has 0 aliphatic heterocycles. The van der Waals surface area contributed by atoms with E-state index in [2.05, 4.69) is 15.3 Å². The number of nitrogens with two attached hydrogens (primary N) is 1. The fourth-order valence-electron chi connectivity index (χ4n) is 0.991. The topological polar surface area (TPSA) is 73.1 Å². The van der Waals surface area contributed by atoms with Crippen molar-refractivity contribution in [2.24, 2.45) is 5.73 Å². The van der Waals surface area contributed by atoms with Crippen LogP contribution in [-0.2, 0) is 4.74 Å². The standard InChI is InChI=1S/C9H16N4O/c1-8-11-4-2-9(13-8)12-5-7-14-6-3-10/h2,4H,3,5-7,10H2,1H3,(H,11,12,13). The molecule has 0 amide bonds. The molecule has 5 heteroatoms. The summed E-state index contributed by atoms with van der Waals surface area (Å²) in [6.45, 7) is 4.39. The second-order valence-electron chi connectivity index (χ2n) is 2.82. The largest absolute Gasteiger partial charge is 0.378 e. The van der Waals surface area contributed by atoms with Gasteiger partial charge in [0.05, 0.1) is 13.2 Å². The minimum absolute atomic E-state index is 0.562. The minimum atomic E-state index is 0.562. The number of ether oxygens (including phenoxy) is 1. The average Bonchev–Trinajstić information content (AvgIpc) is 2.18. The maximum absolute atomic E-state index is 5.28. The average molecular weight is 196 g/mol. The van der Waals surface area contributed by atoms with Crippen molar-refractivity contribution in [1.29, 1.82) is 0 Å². The molecule has 1 aromatic heterocycles. The number of nitrogens with one attached hydrogen (secondary N) is 1. The molecule has 0 atom stereocenters. The maximum Gasteiger partial charge on any atom is 0.129 e. The van der Waals surface area contributed by atoms with Crippen molar-refractivity contribution in [1.82, 2.24) is 9.97 Å². The van der Waals surface area contributed by atoms with Gasteiger partial charge in [-0.1, -0.05) is 0 Å². The highest BCUT2D eigenvalue weighted by molar-refractivity contribution is 5.32. The zero-order valence-electron chi connectivity index (χ0n) is 8.36. The van der Waals surface area contributed by atoms with Crippen LogP contribution in [0.2, 0.25) is 0 Å². The van der Waals surface area contributed by atoms with Crippen LogP contribution in [0.25, 0.3) is 0 Å². The molecular formula is C9H16N4O. The molecule has 0 spiro atoms. The predicted octanol–water partition coefficient (Wildman–Crippen LogP) is 0.172. The third kappa shape index (κ3) is 4.15. The Morgan fingerprint density at radius 3 is 3.07 bits per heavy atom. The van der Waals surface area contributed by atoms with Gasteiger partial charge in [-0.2, -0.15) is 0 Å². The number of nitrogens with zero attached hydrogens (tertiary/aromatic N) is 2. The Morgan fingerprint density at radius 2 is 2.36 bits per heavy atom. The van der Waals surface area contributed by atoms with Crippen LogP contribution in [0.15, 0.2) is 12.3 Å². The second kappa shape index (κ2) is 6.28. The summed E-state index contributed by atoms with van der Waals surface area (Å²) >= 11 is 0. The number of rotatable bonds is 6. The van der Waals surface area contributed by atoms with Crippen molar-refractivity contribution in [3.8, 4) is 0 Å². The molecule has 0 aromatic carbocycles. The molecule has 0 fully saturated rings. The monoisotopic (exact) mass is 196 g/mol. The molecule has 0 radical (unpaired) electrons. The summed E-state index contributed by atoms with van der Waals surface area (Å²) in [4.78, 5) is 8.19. The van der Waals surface area contributed by atoms with Crippen molar-refractivity contribution in [2.75, 3.05) is 31.6 Å². The van der Waals surface area contributed by atoms with Gasteiger partial charge in [-0.25, -0.2) is 9.97 Å². The smallest absolute Gasteiger partial charge is 0.129 e. The summed E-state index contributed by atoms with van der Waals surface area (Å²) in [5.41, 5.74) is 5.28. The Kier molecular flexibility index (Phi) is 4.88. The summed E-state index contributed by atoms with van der Waals surface area (Å²) in [6.07, 6.45) is 1.73. The van der Waals surface area contributed by atoms with Crippen molar-refractivity contribution >= 4 is 5.82 Å². The van der Waals surface area contributed by atoms with Gasteiger partial charge in [0.25, 0.3) is 0 Å². The lowest BCUT2D eigenvalue weighted by Gasteiger charge is -2.05. The van der Waals surface area contributed by atoms with Crippen LogP contribution >= 0.6 is 0 Å². The first-order valence-corrected chi connectivity index (χ1v) is 4.64. The SMILES string of the molecule is Cc1nccc(NCCOCCN)n1. The van der Waals surface area contributed by atoms with E-state index in [0.29, 0.717) is 19.8 Å². The van der Waals surface area contributed by atoms with E-state index in [1.54, 1.807) is 6.20 Å². The molecule has 0 bridgehead atoms. The van der Waals surface area contributed by atoms with Crippen LogP contribution in [0.1, 0.15) is 5.82 Å². The molecule has 14 heavy (non-hydrogen) atoms. The van der Waals surface area contributed by atoms with E-state index in [4.69, 9.17) is 10.5 Å². The number of aryl methyl sites for hydroxylation is 1. The fourth-order valence-corrected chi connectivity index (χ4v) is 0.991. The molecule has 1 heterocycles. The molecule has 1 rings (SSSR count). The number of hydrogen-bond acceptors (Lipinski definition) is 5. The van der Waals surface area contributed by atoms with E-state index in [9.17, 15) is 0 Å². The molecule has 78 valence electrons. The Bertz CT molecular complexity index is 267. The Hall–Kier alpha value is -1.20. The molecular weight excluding hydrogens is 180 g/mol. The van der Waals surface area contributed by atoms with Gasteiger partial charge < -0.3 is 15.8 Å². The third-order valence-corrected chi connectivity index (χ3v) is 1.59. The third-order valence-electron chi connectivity index (χ3n) is 1.59. The molecule has 0 aliphatic rings.